The van der Waals surface area contributed by atoms with Gasteiger partial charge in [-0.3, -0.25) is 9.59 Å². The van der Waals surface area contributed by atoms with Gasteiger partial charge in [-0.15, -0.1) is 0 Å². The molecule has 1 rings (SSSR count). The van der Waals surface area contributed by atoms with Crippen molar-refractivity contribution in [2.24, 2.45) is 0 Å². The van der Waals surface area contributed by atoms with E-state index in [1.807, 2.05) is 0 Å². The van der Waals surface area contributed by atoms with Gasteiger partial charge < -0.3 is 15.3 Å². The van der Waals surface area contributed by atoms with E-state index in [0.717, 1.165) is 4.90 Å². The standard InChI is InChI=1S/C15H20N2O4/c1-4-12(15(20)21)17(3)14(19)10(2)16-13(18)11-8-6-5-7-9-11/h5-10,12H,4H2,1-3H3,(H,16,18)(H,20,21). The van der Waals surface area contributed by atoms with E-state index in [4.69, 9.17) is 5.11 Å². The van der Waals surface area contributed by atoms with Gasteiger partial charge in [-0.1, -0.05) is 25.1 Å². The van der Waals surface area contributed by atoms with Gasteiger partial charge in [-0.05, 0) is 25.5 Å². The maximum atomic E-state index is 12.2. The van der Waals surface area contributed by atoms with Crippen LogP contribution in [0.3, 0.4) is 0 Å². The molecule has 0 spiro atoms. The van der Waals surface area contributed by atoms with Crippen LogP contribution in [0.1, 0.15) is 30.6 Å². The van der Waals surface area contributed by atoms with Crippen molar-refractivity contribution >= 4 is 17.8 Å². The summed E-state index contributed by atoms with van der Waals surface area (Å²) in [5.41, 5.74) is 0.449. The van der Waals surface area contributed by atoms with Gasteiger partial charge in [0, 0.05) is 12.6 Å². The second-order valence-electron chi connectivity index (χ2n) is 4.77. The lowest BCUT2D eigenvalue weighted by Gasteiger charge is -2.27. The molecule has 0 aromatic heterocycles. The normalized spacial score (nSPS) is 13.1. The van der Waals surface area contributed by atoms with Crippen LogP contribution in [-0.4, -0.2) is 46.9 Å². The first-order valence-corrected chi connectivity index (χ1v) is 6.73. The van der Waals surface area contributed by atoms with E-state index >= 15 is 0 Å². The lowest BCUT2D eigenvalue weighted by atomic mass is 10.1. The maximum Gasteiger partial charge on any atom is 0.326 e. The summed E-state index contributed by atoms with van der Waals surface area (Å²) in [4.78, 5) is 36.3. The summed E-state index contributed by atoms with van der Waals surface area (Å²) in [5.74, 6) is -1.86. The number of carbonyl (C=O) groups is 3. The monoisotopic (exact) mass is 292 g/mol. The van der Waals surface area contributed by atoms with Gasteiger partial charge >= 0.3 is 5.97 Å². The molecule has 2 atom stereocenters. The van der Waals surface area contributed by atoms with E-state index in [1.165, 1.54) is 14.0 Å². The van der Waals surface area contributed by atoms with Crippen LogP contribution in [0.5, 0.6) is 0 Å². The number of amides is 2. The average molecular weight is 292 g/mol. The number of benzene rings is 1. The molecule has 2 N–H and O–H groups in total. The van der Waals surface area contributed by atoms with Crippen LogP contribution < -0.4 is 5.32 Å². The van der Waals surface area contributed by atoms with Crippen LogP contribution >= 0.6 is 0 Å². The molecule has 0 fully saturated rings. The topological polar surface area (TPSA) is 86.7 Å². The van der Waals surface area contributed by atoms with Crippen molar-refractivity contribution in [2.45, 2.75) is 32.4 Å². The summed E-state index contributed by atoms with van der Waals surface area (Å²) in [7, 11) is 1.43. The van der Waals surface area contributed by atoms with Crippen molar-refractivity contribution < 1.29 is 19.5 Å². The van der Waals surface area contributed by atoms with Gasteiger partial charge in [0.15, 0.2) is 0 Å². The van der Waals surface area contributed by atoms with Crippen LogP contribution in [-0.2, 0) is 9.59 Å². The molecule has 0 radical (unpaired) electrons. The smallest absolute Gasteiger partial charge is 0.326 e. The highest BCUT2D eigenvalue weighted by molar-refractivity contribution is 5.97. The van der Waals surface area contributed by atoms with Gasteiger partial charge in [0.1, 0.15) is 12.1 Å². The molecular weight excluding hydrogens is 272 g/mol. The van der Waals surface area contributed by atoms with Gasteiger partial charge in [0.25, 0.3) is 5.91 Å². The zero-order chi connectivity index (χ0) is 16.0. The molecule has 2 unspecified atom stereocenters. The zero-order valence-electron chi connectivity index (χ0n) is 12.4. The molecule has 1 aromatic carbocycles. The molecule has 0 saturated heterocycles. The van der Waals surface area contributed by atoms with Crippen molar-refractivity contribution in [1.82, 2.24) is 10.2 Å². The van der Waals surface area contributed by atoms with Crippen LogP contribution in [0, 0.1) is 0 Å². The largest absolute Gasteiger partial charge is 0.480 e. The molecule has 0 heterocycles. The van der Waals surface area contributed by atoms with E-state index in [2.05, 4.69) is 5.32 Å². The Kier molecular flexibility index (Phi) is 5.90. The second kappa shape index (κ2) is 7.42. The molecular formula is C15H20N2O4. The molecule has 0 aliphatic rings. The van der Waals surface area contributed by atoms with Crippen LogP contribution in [0.4, 0.5) is 0 Å². The highest BCUT2D eigenvalue weighted by Crippen LogP contribution is 2.06. The Hall–Kier alpha value is -2.37. The minimum Gasteiger partial charge on any atom is -0.480 e. The fraction of sp³-hybridized carbons (Fsp3) is 0.400. The molecule has 0 saturated carbocycles. The average Bonchev–Trinajstić information content (AvgIpc) is 2.47. The Morgan fingerprint density at radius 2 is 1.81 bits per heavy atom. The minimum atomic E-state index is -1.06. The first-order valence-electron chi connectivity index (χ1n) is 6.73. The maximum absolute atomic E-state index is 12.2. The molecule has 0 bridgehead atoms. The van der Waals surface area contributed by atoms with Crippen molar-refractivity contribution in [1.29, 1.82) is 0 Å². The van der Waals surface area contributed by atoms with Crippen LogP contribution in [0.25, 0.3) is 0 Å². The third-order valence-electron chi connectivity index (χ3n) is 3.24. The second-order valence-corrected chi connectivity index (χ2v) is 4.77. The van der Waals surface area contributed by atoms with Crippen LogP contribution in [0.15, 0.2) is 30.3 Å². The van der Waals surface area contributed by atoms with Crippen molar-refractivity contribution in [3.8, 4) is 0 Å². The highest BCUT2D eigenvalue weighted by atomic mass is 16.4. The molecule has 0 aliphatic heterocycles. The number of nitrogens with one attached hydrogen (secondary N) is 1. The predicted molar refractivity (Wildman–Crippen MR) is 77.9 cm³/mol. The lowest BCUT2D eigenvalue weighted by molar-refractivity contribution is -0.149. The summed E-state index contributed by atoms with van der Waals surface area (Å²) < 4.78 is 0. The zero-order valence-corrected chi connectivity index (χ0v) is 12.4. The number of aliphatic carboxylic acids is 1. The summed E-state index contributed by atoms with van der Waals surface area (Å²) in [6, 6.07) is 6.84. The number of carboxylic acids is 1. The fourth-order valence-electron chi connectivity index (χ4n) is 2.00. The van der Waals surface area contributed by atoms with Crippen molar-refractivity contribution in [3.63, 3.8) is 0 Å². The first-order chi connectivity index (χ1) is 9.88. The molecule has 21 heavy (non-hydrogen) atoms. The van der Waals surface area contributed by atoms with E-state index < -0.39 is 24.0 Å². The van der Waals surface area contributed by atoms with Gasteiger partial charge in [0.05, 0.1) is 0 Å². The third-order valence-corrected chi connectivity index (χ3v) is 3.24. The summed E-state index contributed by atoms with van der Waals surface area (Å²) in [6.07, 6.45) is 0.303. The number of carboxylic acid groups (broad SMARTS) is 1. The number of likely N-dealkylation sites (N-methyl/N-ethyl adjacent to an activating group) is 1. The van der Waals surface area contributed by atoms with E-state index in [-0.39, 0.29) is 5.91 Å². The van der Waals surface area contributed by atoms with Crippen LogP contribution in [0.2, 0.25) is 0 Å². The lowest BCUT2D eigenvalue weighted by Crippen LogP contribution is -2.50. The summed E-state index contributed by atoms with van der Waals surface area (Å²) in [6.45, 7) is 3.23. The molecule has 114 valence electrons. The summed E-state index contributed by atoms with van der Waals surface area (Å²) >= 11 is 0. The Balaban J connectivity index is 2.70. The predicted octanol–water partition coefficient (Wildman–Crippen LogP) is 1.13. The van der Waals surface area contributed by atoms with Crippen molar-refractivity contribution in [3.05, 3.63) is 35.9 Å². The molecule has 1 aromatic rings. The third kappa shape index (κ3) is 4.30. The number of nitrogens with zero attached hydrogens (tertiary/aromatic N) is 1. The first kappa shape index (κ1) is 16.7. The van der Waals surface area contributed by atoms with Gasteiger partial charge in [0.2, 0.25) is 5.91 Å². The van der Waals surface area contributed by atoms with Gasteiger partial charge in [-0.2, -0.15) is 0 Å². The van der Waals surface area contributed by atoms with E-state index in [9.17, 15) is 14.4 Å². The molecule has 6 nitrogen and oxygen atoms in total. The SMILES string of the molecule is CCC(C(=O)O)N(C)C(=O)C(C)NC(=O)c1ccccc1. The van der Waals surface area contributed by atoms with Crippen molar-refractivity contribution in [2.75, 3.05) is 7.05 Å². The van der Waals surface area contributed by atoms with E-state index in [0.29, 0.717) is 12.0 Å². The number of rotatable bonds is 6. The molecule has 6 heteroatoms. The number of hydrogen-bond acceptors (Lipinski definition) is 3. The summed E-state index contributed by atoms with van der Waals surface area (Å²) in [5, 5.41) is 11.6. The Morgan fingerprint density at radius 1 is 1.24 bits per heavy atom. The Labute approximate surface area is 123 Å². The van der Waals surface area contributed by atoms with Gasteiger partial charge in [-0.25, -0.2) is 4.79 Å². The Bertz CT molecular complexity index is 516. The minimum absolute atomic E-state index is 0.303. The number of hydrogen-bond donors (Lipinski definition) is 2. The molecule has 2 amide bonds. The number of carbonyl (C=O) groups excluding carboxylic acids is 2. The quantitative estimate of drug-likeness (QED) is 0.822. The van der Waals surface area contributed by atoms with E-state index in [1.54, 1.807) is 37.3 Å². The fourth-order valence-corrected chi connectivity index (χ4v) is 2.00. The Morgan fingerprint density at radius 3 is 2.29 bits per heavy atom. The highest BCUT2D eigenvalue weighted by Gasteiger charge is 2.28. The molecule has 0 aliphatic carbocycles.